The zero-order chi connectivity index (χ0) is 13.8. The van der Waals surface area contributed by atoms with E-state index in [0.717, 1.165) is 30.0 Å². The maximum atomic E-state index is 12.2. The summed E-state index contributed by atoms with van der Waals surface area (Å²) in [6, 6.07) is 7.79. The minimum absolute atomic E-state index is 0.0966. The van der Waals surface area contributed by atoms with Crippen molar-refractivity contribution in [2.45, 2.75) is 13.5 Å². The van der Waals surface area contributed by atoms with Gasteiger partial charge in [0.05, 0.1) is 7.11 Å². The topological polar surface area (TPSA) is 41.6 Å². The number of carbonyl (C=O) groups excluding carboxylic acids is 1. The lowest BCUT2D eigenvalue weighted by molar-refractivity contribution is -0.126. The summed E-state index contributed by atoms with van der Waals surface area (Å²) in [7, 11) is 3.48. The van der Waals surface area contributed by atoms with Crippen molar-refractivity contribution < 1.29 is 9.53 Å². The Balaban J connectivity index is 2.03. The summed E-state index contributed by atoms with van der Waals surface area (Å²) >= 11 is 0. The van der Waals surface area contributed by atoms with Crippen molar-refractivity contribution in [2.75, 3.05) is 27.2 Å². The average Bonchev–Trinajstić information content (AvgIpc) is 2.35. The van der Waals surface area contributed by atoms with Gasteiger partial charge in [-0.2, -0.15) is 0 Å². The van der Waals surface area contributed by atoms with Crippen LogP contribution in [0.4, 0.5) is 0 Å². The SMILES string of the molecule is COc1cccc(CN(C)C(=O)C(C)=C2CNC2)c1. The Morgan fingerprint density at radius 3 is 2.74 bits per heavy atom. The van der Waals surface area contributed by atoms with E-state index in [2.05, 4.69) is 5.32 Å². The second kappa shape index (κ2) is 5.89. The third-order valence-corrected chi connectivity index (χ3v) is 3.43. The standard InChI is InChI=1S/C15H20N2O2/c1-11(13-8-16-9-13)15(18)17(2)10-12-5-4-6-14(7-12)19-3/h4-7,16H,8-10H2,1-3H3. The molecule has 0 atom stereocenters. The molecule has 1 N–H and O–H groups in total. The van der Waals surface area contributed by atoms with E-state index in [-0.39, 0.29) is 5.91 Å². The highest BCUT2D eigenvalue weighted by atomic mass is 16.5. The van der Waals surface area contributed by atoms with Gasteiger partial charge in [-0.25, -0.2) is 0 Å². The molecular weight excluding hydrogens is 240 g/mol. The summed E-state index contributed by atoms with van der Waals surface area (Å²) in [5.74, 6) is 0.913. The van der Waals surface area contributed by atoms with E-state index in [1.54, 1.807) is 12.0 Å². The molecule has 1 amide bonds. The highest BCUT2D eigenvalue weighted by Crippen LogP contribution is 2.16. The monoisotopic (exact) mass is 260 g/mol. The first-order valence-corrected chi connectivity index (χ1v) is 6.39. The lowest BCUT2D eigenvalue weighted by Gasteiger charge is -2.24. The van der Waals surface area contributed by atoms with E-state index in [0.29, 0.717) is 6.54 Å². The second-order valence-electron chi connectivity index (χ2n) is 4.84. The first-order valence-electron chi connectivity index (χ1n) is 6.39. The first kappa shape index (κ1) is 13.6. The number of likely N-dealkylation sites (N-methyl/N-ethyl adjacent to an activating group) is 1. The van der Waals surface area contributed by atoms with E-state index in [1.807, 2.05) is 38.2 Å². The zero-order valence-electron chi connectivity index (χ0n) is 11.7. The molecule has 0 aliphatic carbocycles. The largest absolute Gasteiger partial charge is 0.497 e. The van der Waals surface area contributed by atoms with Crippen LogP contribution in [0.15, 0.2) is 35.4 Å². The Morgan fingerprint density at radius 1 is 1.42 bits per heavy atom. The molecule has 4 heteroatoms. The fraction of sp³-hybridized carbons (Fsp3) is 0.400. The van der Waals surface area contributed by atoms with Crippen molar-refractivity contribution in [2.24, 2.45) is 0 Å². The number of nitrogens with zero attached hydrogens (tertiary/aromatic N) is 1. The first-order chi connectivity index (χ1) is 9.11. The van der Waals surface area contributed by atoms with Crippen LogP contribution in [0.25, 0.3) is 0 Å². The number of nitrogens with one attached hydrogen (secondary N) is 1. The van der Waals surface area contributed by atoms with Crippen molar-refractivity contribution >= 4 is 5.91 Å². The molecule has 0 unspecified atom stereocenters. The number of rotatable bonds is 4. The predicted molar refractivity (Wildman–Crippen MR) is 75.0 cm³/mol. The van der Waals surface area contributed by atoms with Crippen molar-refractivity contribution in [1.82, 2.24) is 10.2 Å². The summed E-state index contributed by atoms with van der Waals surface area (Å²) in [5.41, 5.74) is 3.14. The molecule has 0 aromatic heterocycles. The Hall–Kier alpha value is -1.81. The Morgan fingerprint density at radius 2 is 2.16 bits per heavy atom. The smallest absolute Gasteiger partial charge is 0.249 e. The number of benzene rings is 1. The quantitative estimate of drug-likeness (QED) is 0.836. The fourth-order valence-corrected chi connectivity index (χ4v) is 2.07. The number of carbonyl (C=O) groups is 1. The fourth-order valence-electron chi connectivity index (χ4n) is 2.07. The molecular formula is C15H20N2O2. The molecule has 1 aromatic carbocycles. The van der Waals surface area contributed by atoms with Crippen LogP contribution in [0.2, 0.25) is 0 Å². The lowest BCUT2D eigenvalue weighted by atomic mass is 10.0. The third-order valence-electron chi connectivity index (χ3n) is 3.43. The molecule has 1 aromatic rings. The maximum Gasteiger partial charge on any atom is 0.249 e. The minimum atomic E-state index is 0.0966. The molecule has 1 aliphatic heterocycles. The maximum absolute atomic E-state index is 12.2. The predicted octanol–water partition coefficient (Wildman–Crippen LogP) is 1.57. The van der Waals surface area contributed by atoms with Gasteiger partial charge in [-0.05, 0) is 30.2 Å². The average molecular weight is 260 g/mol. The van der Waals surface area contributed by atoms with E-state index < -0.39 is 0 Å². The molecule has 1 fully saturated rings. The molecule has 0 bridgehead atoms. The van der Waals surface area contributed by atoms with Crippen LogP contribution in [0, 0.1) is 0 Å². The molecule has 1 saturated heterocycles. The summed E-state index contributed by atoms with van der Waals surface area (Å²) < 4.78 is 5.19. The highest BCUT2D eigenvalue weighted by Gasteiger charge is 2.18. The van der Waals surface area contributed by atoms with E-state index in [4.69, 9.17) is 4.74 Å². The second-order valence-corrected chi connectivity index (χ2v) is 4.84. The van der Waals surface area contributed by atoms with Gasteiger partial charge < -0.3 is 15.0 Å². The van der Waals surface area contributed by atoms with Crippen LogP contribution < -0.4 is 10.1 Å². The zero-order valence-corrected chi connectivity index (χ0v) is 11.7. The van der Waals surface area contributed by atoms with Crippen molar-refractivity contribution in [3.05, 3.63) is 41.0 Å². The van der Waals surface area contributed by atoms with Crippen LogP contribution >= 0.6 is 0 Å². The van der Waals surface area contributed by atoms with Crippen LogP contribution in [0.3, 0.4) is 0 Å². The van der Waals surface area contributed by atoms with E-state index in [1.165, 1.54) is 5.57 Å². The van der Waals surface area contributed by atoms with Crippen LogP contribution in [0.1, 0.15) is 12.5 Å². The molecule has 2 rings (SSSR count). The van der Waals surface area contributed by atoms with E-state index in [9.17, 15) is 4.79 Å². The molecule has 0 saturated carbocycles. The van der Waals surface area contributed by atoms with Gasteiger partial charge in [0.25, 0.3) is 0 Å². The van der Waals surface area contributed by atoms with Gasteiger partial charge in [0.1, 0.15) is 5.75 Å². The van der Waals surface area contributed by atoms with Crippen LogP contribution in [-0.2, 0) is 11.3 Å². The van der Waals surface area contributed by atoms with Crippen molar-refractivity contribution in [1.29, 1.82) is 0 Å². The van der Waals surface area contributed by atoms with Gasteiger partial charge in [0.2, 0.25) is 5.91 Å². The van der Waals surface area contributed by atoms with Gasteiger partial charge in [-0.1, -0.05) is 12.1 Å². The van der Waals surface area contributed by atoms with Crippen LogP contribution in [-0.4, -0.2) is 38.1 Å². The lowest BCUT2D eigenvalue weighted by Crippen LogP contribution is -2.38. The molecule has 0 radical (unpaired) electrons. The minimum Gasteiger partial charge on any atom is -0.497 e. The van der Waals surface area contributed by atoms with Crippen LogP contribution in [0.5, 0.6) is 5.75 Å². The molecule has 1 aliphatic rings. The Labute approximate surface area is 114 Å². The summed E-state index contributed by atoms with van der Waals surface area (Å²) in [4.78, 5) is 14.0. The summed E-state index contributed by atoms with van der Waals surface area (Å²) in [6.45, 7) is 4.17. The summed E-state index contributed by atoms with van der Waals surface area (Å²) in [5, 5.41) is 3.16. The number of hydrogen-bond donors (Lipinski definition) is 1. The van der Waals surface area contributed by atoms with Crippen molar-refractivity contribution in [3.63, 3.8) is 0 Å². The molecule has 1 heterocycles. The van der Waals surface area contributed by atoms with Gasteiger partial charge in [0, 0.05) is 32.3 Å². The number of ether oxygens (including phenoxy) is 1. The molecule has 19 heavy (non-hydrogen) atoms. The molecule has 4 nitrogen and oxygen atoms in total. The van der Waals surface area contributed by atoms with Crippen molar-refractivity contribution in [3.8, 4) is 5.75 Å². The summed E-state index contributed by atoms with van der Waals surface area (Å²) in [6.07, 6.45) is 0. The van der Waals surface area contributed by atoms with Gasteiger partial charge >= 0.3 is 0 Å². The number of hydrogen-bond acceptors (Lipinski definition) is 3. The normalized spacial score (nSPS) is 13.7. The van der Waals surface area contributed by atoms with Gasteiger partial charge in [-0.15, -0.1) is 0 Å². The highest BCUT2D eigenvalue weighted by molar-refractivity contribution is 5.93. The van der Waals surface area contributed by atoms with Gasteiger partial charge in [-0.3, -0.25) is 4.79 Å². The third kappa shape index (κ3) is 3.15. The number of amides is 1. The molecule has 102 valence electrons. The van der Waals surface area contributed by atoms with Gasteiger partial charge in [0.15, 0.2) is 0 Å². The molecule has 0 spiro atoms. The van der Waals surface area contributed by atoms with E-state index >= 15 is 0 Å². The Bertz CT molecular complexity index is 503. The Kier molecular flexibility index (Phi) is 4.22. The number of methoxy groups -OCH3 is 1.